The highest BCUT2D eigenvalue weighted by Crippen LogP contribution is 2.50. The van der Waals surface area contributed by atoms with Crippen LogP contribution in [0.15, 0.2) is 18.2 Å². The first-order chi connectivity index (χ1) is 14.0. The van der Waals surface area contributed by atoms with Gasteiger partial charge in [0, 0.05) is 30.7 Å². The lowest BCUT2D eigenvalue weighted by Gasteiger charge is -2.50. The van der Waals surface area contributed by atoms with Crippen LogP contribution in [0, 0.1) is 17.7 Å². The molecule has 0 aliphatic carbocycles. The van der Waals surface area contributed by atoms with Crippen molar-refractivity contribution in [3.8, 4) is 5.75 Å². The Labute approximate surface area is 174 Å². The lowest BCUT2D eigenvalue weighted by molar-refractivity contribution is -0.121. The Morgan fingerprint density at radius 2 is 2.00 bits per heavy atom. The highest BCUT2D eigenvalue weighted by atomic mass is 19.1. The molecule has 4 rings (SSSR count). The summed E-state index contributed by atoms with van der Waals surface area (Å²) in [6, 6.07) is 5.13. The fourth-order valence-corrected chi connectivity index (χ4v) is 6.40. The van der Waals surface area contributed by atoms with Crippen molar-refractivity contribution in [3.63, 3.8) is 0 Å². The third kappa shape index (κ3) is 3.67. The van der Waals surface area contributed by atoms with E-state index in [-0.39, 0.29) is 18.3 Å². The SMILES string of the molecule is CCC(CC)[C@@]12CCC[C@@H](CC1)N2CC(C)CN1C(=O)COc2ccc(F)cc21. The van der Waals surface area contributed by atoms with Crippen molar-refractivity contribution < 1.29 is 13.9 Å². The van der Waals surface area contributed by atoms with E-state index in [1.165, 1.54) is 57.1 Å². The Balaban J connectivity index is 1.52. The number of hydrogen-bond acceptors (Lipinski definition) is 3. The van der Waals surface area contributed by atoms with Gasteiger partial charge in [-0.25, -0.2) is 4.39 Å². The normalized spacial score (nSPS) is 27.8. The van der Waals surface area contributed by atoms with Gasteiger partial charge in [0.25, 0.3) is 5.91 Å². The van der Waals surface area contributed by atoms with Gasteiger partial charge in [-0.3, -0.25) is 9.69 Å². The van der Waals surface area contributed by atoms with E-state index in [4.69, 9.17) is 4.74 Å². The molecule has 1 aromatic rings. The van der Waals surface area contributed by atoms with Gasteiger partial charge in [0.1, 0.15) is 11.6 Å². The molecule has 0 spiro atoms. The Kier molecular flexibility index (Phi) is 5.87. The first-order valence-corrected chi connectivity index (χ1v) is 11.5. The predicted molar refractivity (Wildman–Crippen MR) is 114 cm³/mol. The predicted octanol–water partition coefficient (Wildman–Crippen LogP) is 5.01. The molecule has 0 radical (unpaired) electrons. The fourth-order valence-electron chi connectivity index (χ4n) is 6.40. The second-order valence-corrected chi connectivity index (χ2v) is 9.36. The van der Waals surface area contributed by atoms with Crippen molar-refractivity contribution in [1.29, 1.82) is 0 Å². The van der Waals surface area contributed by atoms with Crippen LogP contribution in [0.2, 0.25) is 0 Å². The van der Waals surface area contributed by atoms with E-state index < -0.39 is 0 Å². The van der Waals surface area contributed by atoms with Gasteiger partial charge in [0.05, 0.1) is 5.69 Å². The number of amides is 1. The molecule has 3 heterocycles. The monoisotopic (exact) mass is 402 g/mol. The molecule has 1 amide bonds. The molecule has 3 aliphatic heterocycles. The van der Waals surface area contributed by atoms with Gasteiger partial charge >= 0.3 is 0 Å². The number of carbonyl (C=O) groups excluding carboxylic acids is 1. The van der Waals surface area contributed by atoms with E-state index in [0.29, 0.717) is 35.5 Å². The van der Waals surface area contributed by atoms with Gasteiger partial charge in [-0.15, -0.1) is 0 Å². The number of fused-ring (bicyclic) bond motifs is 3. The van der Waals surface area contributed by atoms with Crippen LogP contribution in [0.1, 0.15) is 65.7 Å². The minimum atomic E-state index is -0.332. The molecule has 0 aromatic heterocycles. The summed E-state index contributed by atoms with van der Waals surface area (Å²) in [5, 5.41) is 0. The highest BCUT2D eigenvalue weighted by Gasteiger charge is 2.51. The van der Waals surface area contributed by atoms with Gasteiger partial charge < -0.3 is 9.64 Å². The number of halogens is 1. The first kappa shape index (κ1) is 20.6. The van der Waals surface area contributed by atoms with Gasteiger partial charge in [-0.1, -0.05) is 40.0 Å². The minimum Gasteiger partial charge on any atom is -0.482 e. The summed E-state index contributed by atoms with van der Waals surface area (Å²) < 4.78 is 19.3. The molecule has 4 nitrogen and oxygen atoms in total. The number of rotatable bonds is 7. The Morgan fingerprint density at radius 1 is 1.21 bits per heavy atom. The third-order valence-corrected chi connectivity index (χ3v) is 7.68. The van der Waals surface area contributed by atoms with Crippen LogP contribution in [-0.4, -0.2) is 42.1 Å². The van der Waals surface area contributed by atoms with E-state index in [0.717, 1.165) is 12.5 Å². The van der Waals surface area contributed by atoms with Gasteiger partial charge in [0.2, 0.25) is 0 Å². The quantitative estimate of drug-likeness (QED) is 0.643. The zero-order valence-electron chi connectivity index (χ0n) is 18.1. The minimum absolute atomic E-state index is 0.0371. The highest BCUT2D eigenvalue weighted by molar-refractivity contribution is 5.97. The van der Waals surface area contributed by atoms with E-state index in [2.05, 4.69) is 25.7 Å². The third-order valence-electron chi connectivity index (χ3n) is 7.68. The van der Waals surface area contributed by atoms with Crippen LogP contribution in [0.3, 0.4) is 0 Å². The van der Waals surface area contributed by atoms with E-state index in [9.17, 15) is 9.18 Å². The lowest BCUT2D eigenvalue weighted by atomic mass is 9.74. The standard InChI is InChI=1S/C24H35FN2O2/c1-4-18(5-2)24-11-6-7-20(10-12-24)27(24)15-17(3)14-26-21-13-19(25)8-9-22(21)29-16-23(26)28/h8-9,13,17-18,20H,4-7,10-12,14-16H2,1-3H3/t17?,20-,24+/m0/s1. The maximum Gasteiger partial charge on any atom is 0.265 e. The van der Waals surface area contributed by atoms with Crippen molar-refractivity contribution in [2.45, 2.75) is 77.3 Å². The summed E-state index contributed by atoms with van der Waals surface area (Å²) in [6.45, 7) is 8.57. The summed E-state index contributed by atoms with van der Waals surface area (Å²) in [5.74, 6) is 1.26. The number of carbonyl (C=O) groups is 1. The lowest BCUT2D eigenvalue weighted by Crippen LogP contribution is -2.56. The summed E-state index contributed by atoms with van der Waals surface area (Å²) in [6.07, 6.45) is 9.08. The van der Waals surface area contributed by atoms with Crippen LogP contribution in [0.5, 0.6) is 5.75 Å². The maximum absolute atomic E-state index is 13.8. The van der Waals surface area contributed by atoms with Crippen molar-refractivity contribution in [2.24, 2.45) is 11.8 Å². The number of piperidine rings is 1. The molecule has 2 fully saturated rings. The summed E-state index contributed by atoms with van der Waals surface area (Å²) >= 11 is 0. The van der Waals surface area contributed by atoms with Gasteiger partial charge in [-0.05, 0) is 49.7 Å². The van der Waals surface area contributed by atoms with E-state index >= 15 is 0 Å². The van der Waals surface area contributed by atoms with Crippen molar-refractivity contribution >= 4 is 11.6 Å². The molecule has 29 heavy (non-hydrogen) atoms. The number of benzene rings is 1. The van der Waals surface area contributed by atoms with Crippen LogP contribution in [0.25, 0.3) is 0 Å². The van der Waals surface area contributed by atoms with Crippen LogP contribution in [-0.2, 0) is 4.79 Å². The molecule has 0 N–H and O–H groups in total. The number of nitrogens with zero attached hydrogens (tertiary/aromatic N) is 2. The summed E-state index contributed by atoms with van der Waals surface area (Å²) in [7, 11) is 0. The second kappa shape index (κ2) is 8.25. The molecule has 5 heteroatoms. The van der Waals surface area contributed by atoms with E-state index in [1.807, 2.05) is 0 Å². The molecule has 3 aliphatic rings. The molecular weight excluding hydrogens is 367 g/mol. The van der Waals surface area contributed by atoms with Crippen molar-refractivity contribution in [1.82, 2.24) is 4.90 Å². The number of anilines is 1. The molecule has 2 bridgehead atoms. The Bertz CT molecular complexity index is 746. The largest absolute Gasteiger partial charge is 0.482 e. The zero-order chi connectivity index (χ0) is 20.6. The van der Waals surface area contributed by atoms with Crippen LogP contribution >= 0.6 is 0 Å². The summed E-state index contributed by atoms with van der Waals surface area (Å²) in [4.78, 5) is 17.1. The average Bonchev–Trinajstić information content (AvgIpc) is 2.89. The molecule has 1 unspecified atom stereocenters. The van der Waals surface area contributed by atoms with Crippen molar-refractivity contribution in [3.05, 3.63) is 24.0 Å². The first-order valence-electron chi connectivity index (χ1n) is 11.5. The van der Waals surface area contributed by atoms with Crippen LogP contribution < -0.4 is 9.64 Å². The Hall–Kier alpha value is -1.62. The number of ether oxygens (including phenoxy) is 1. The average molecular weight is 403 g/mol. The molecule has 2 saturated heterocycles. The molecule has 3 atom stereocenters. The van der Waals surface area contributed by atoms with Gasteiger partial charge in [-0.2, -0.15) is 0 Å². The second-order valence-electron chi connectivity index (χ2n) is 9.36. The molecule has 1 aromatic carbocycles. The Morgan fingerprint density at radius 3 is 2.76 bits per heavy atom. The molecule has 160 valence electrons. The maximum atomic E-state index is 13.8. The topological polar surface area (TPSA) is 32.8 Å². The fraction of sp³-hybridized carbons (Fsp3) is 0.708. The van der Waals surface area contributed by atoms with E-state index in [1.54, 1.807) is 11.0 Å². The summed E-state index contributed by atoms with van der Waals surface area (Å²) in [5.41, 5.74) is 0.920. The van der Waals surface area contributed by atoms with Gasteiger partial charge in [0.15, 0.2) is 6.61 Å². The van der Waals surface area contributed by atoms with Crippen LogP contribution in [0.4, 0.5) is 10.1 Å². The van der Waals surface area contributed by atoms with Crippen molar-refractivity contribution in [2.75, 3.05) is 24.6 Å². The smallest absolute Gasteiger partial charge is 0.265 e. The number of hydrogen-bond donors (Lipinski definition) is 0. The zero-order valence-corrected chi connectivity index (χ0v) is 18.1. The molecular formula is C24H35FN2O2. The molecule has 0 saturated carbocycles.